The molecule has 3 nitrogen and oxygen atoms in total. The lowest BCUT2D eigenvalue weighted by molar-refractivity contribution is 0.402. The Hall–Kier alpha value is -1.32. The van der Waals surface area contributed by atoms with Gasteiger partial charge in [-0.2, -0.15) is 5.10 Å². The molecule has 0 radical (unpaired) electrons. The Kier molecular flexibility index (Phi) is 4.32. The molecule has 1 saturated heterocycles. The molecule has 21 heavy (non-hydrogen) atoms. The summed E-state index contributed by atoms with van der Waals surface area (Å²) in [6, 6.07) is 8.29. The van der Waals surface area contributed by atoms with E-state index >= 15 is 0 Å². The minimum absolute atomic E-state index is 0.465. The molecule has 1 aromatic carbocycles. The van der Waals surface area contributed by atoms with Crippen molar-refractivity contribution < 1.29 is 0 Å². The maximum atomic E-state index is 6.18. The lowest BCUT2D eigenvalue weighted by atomic mass is 9.77. The number of halogens is 1. The lowest BCUT2D eigenvalue weighted by Crippen LogP contribution is -2.34. The van der Waals surface area contributed by atoms with Crippen molar-refractivity contribution in [2.45, 2.75) is 31.6 Å². The molecule has 1 aliphatic heterocycles. The van der Waals surface area contributed by atoms with Gasteiger partial charge in [0.15, 0.2) is 0 Å². The highest BCUT2D eigenvalue weighted by Gasteiger charge is 2.30. The van der Waals surface area contributed by atoms with Gasteiger partial charge < -0.3 is 5.32 Å². The van der Waals surface area contributed by atoms with E-state index in [1.807, 2.05) is 23.9 Å². The third-order valence-electron chi connectivity index (χ3n) is 4.43. The van der Waals surface area contributed by atoms with Crippen LogP contribution in [-0.2, 0) is 13.5 Å². The van der Waals surface area contributed by atoms with Crippen LogP contribution in [0.2, 0.25) is 5.02 Å². The van der Waals surface area contributed by atoms with Crippen LogP contribution in [0.4, 0.5) is 0 Å². The molecule has 0 spiro atoms. The second kappa shape index (κ2) is 6.20. The maximum Gasteiger partial charge on any atom is 0.0656 e. The highest BCUT2D eigenvalue weighted by Crippen LogP contribution is 2.39. The molecular formula is C17H22ClN3. The van der Waals surface area contributed by atoms with E-state index in [2.05, 4.69) is 35.7 Å². The molecule has 112 valence electrons. The van der Waals surface area contributed by atoms with Crippen LogP contribution in [0.3, 0.4) is 0 Å². The van der Waals surface area contributed by atoms with Crippen LogP contribution in [0.5, 0.6) is 0 Å². The number of nitrogens with zero attached hydrogens (tertiary/aromatic N) is 2. The van der Waals surface area contributed by atoms with Crippen molar-refractivity contribution in [2.75, 3.05) is 13.1 Å². The quantitative estimate of drug-likeness (QED) is 0.940. The fraction of sp³-hybridized carbons (Fsp3) is 0.471. The standard InChI is InChI=1S/C17H22ClN3/c1-3-17-16(11-21(2)20-17)14-7-8-19-10-15(14)12-5-4-6-13(18)9-12/h4-6,9,11,14-15,19H,3,7-8,10H2,1-2H3. The summed E-state index contributed by atoms with van der Waals surface area (Å²) >= 11 is 6.18. The molecule has 1 N–H and O–H groups in total. The summed E-state index contributed by atoms with van der Waals surface area (Å²) in [5.41, 5.74) is 3.97. The van der Waals surface area contributed by atoms with Crippen LogP contribution in [0.1, 0.15) is 42.0 Å². The summed E-state index contributed by atoms with van der Waals surface area (Å²) in [4.78, 5) is 0. The van der Waals surface area contributed by atoms with E-state index in [1.165, 1.54) is 16.8 Å². The number of hydrogen-bond acceptors (Lipinski definition) is 2. The molecule has 0 bridgehead atoms. The van der Waals surface area contributed by atoms with Gasteiger partial charge in [0.05, 0.1) is 5.69 Å². The fourth-order valence-electron chi connectivity index (χ4n) is 3.46. The zero-order valence-corrected chi connectivity index (χ0v) is 13.4. The van der Waals surface area contributed by atoms with Crippen LogP contribution >= 0.6 is 11.6 Å². The first kappa shape index (κ1) is 14.6. The third-order valence-corrected chi connectivity index (χ3v) is 4.67. The summed E-state index contributed by atoms with van der Waals surface area (Å²) in [7, 11) is 2.01. The average molecular weight is 304 g/mol. The van der Waals surface area contributed by atoms with E-state index in [9.17, 15) is 0 Å². The predicted octanol–water partition coefficient (Wildman–Crippen LogP) is 3.50. The minimum atomic E-state index is 0.465. The summed E-state index contributed by atoms with van der Waals surface area (Å²) in [6.07, 6.45) is 4.34. The lowest BCUT2D eigenvalue weighted by Gasteiger charge is -2.32. The molecule has 2 atom stereocenters. The monoisotopic (exact) mass is 303 g/mol. The van der Waals surface area contributed by atoms with Gasteiger partial charge in [-0.05, 0) is 48.6 Å². The Morgan fingerprint density at radius 1 is 1.38 bits per heavy atom. The Balaban J connectivity index is 1.98. The van der Waals surface area contributed by atoms with Crippen LogP contribution in [0.25, 0.3) is 0 Å². The number of hydrogen-bond donors (Lipinski definition) is 1. The van der Waals surface area contributed by atoms with Gasteiger partial charge in [-0.25, -0.2) is 0 Å². The van der Waals surface area contributed by atoms with E-state index in [-0.39, 0.29) is 0 Å². The van der Waals surface area contributed by atoms with Crippen LogP contribution in [-0.4, -0.2) is 22.9 Å². The van der Waals surface area contributed by atoms with Crippen LogP contribution in [0, 0.1) is 0 Å². The van der Waals surface area contributed by atoms with E-state index in [0.29, 0.717) is 11.8 Å². The molecule has 0 amide bonds. The first-order valence-electron chi connectivity index (χ1n) is 7.67. The van der Waals surface area contributed by atoms with E-state index in [4.69, 9.17) is 11.6 Å². The number of aryl methyl sites for hydroxylation is 2. The molecule has 1 fully saturated rings. The molecule has 2 aromatic rings. The molecule has 0 aliphatic carbocycles. The number of aromatic nitrogens is 2. The van der Waals surface area contributed by atoms with E-state index < -0.39 is 0 Å². The SMILES string of the molecule is CCc1nn(C)cc1C1CCNCC1c1cccc(Cl)c1. The number of piperidine rings is 1. The molecule has 2 heterocycles. The van der Waals surface area contributed by atoms with Gasteiger partial charge in [-0.1, -0.05) is 30.7 Å². The zero-order valence-electron chi connectivity index (χ0n) is 12.6. The van der Waals surface area contributed by atoms with Crippen LogP contribution < -0.4 is 5.32 Å². The minimum Gasteiger partial charge on any atom is -0.316 e. The highest BCUT2D eigenvalue weighted by atomic mass is 35.5. The highest BCUT2D eigenvalue weighted by molar-refractivity contribution is 6.30. The summed E-state index contributed by atoms with van der Waals surface area (Å²) < 4.78 is 1.95. The Labute approximate surface area is 131 Å². The number of benzene rings is 1. The average Bonchev–Trinajstić information content (AvgIpc) is 2.88. The second-order valence-electron chi connectivity index (χ2n) is 5.82. The van der Waals surface area contributed by atoms with Gasteiger partial charge in [0.25, 0.3) is 0 Å². The van der Waals surface area contributed by atoms with Gasteiger partial charge >= 0.3 is 0 Å². The van der Waals surface area contributed by atoms with Gasteiger partial charge in [0.1, 0.15) is 0 Å². The van der Waals surface area contributed by atoms with Gasteiger partial charge in [0, 0.05) is 30.7 Å². The normalized spacial score (nSPS) is 22.4. The summed E-state index contributed by atoms with van der Waals surface area (Å²) in [5.74, 6) is 0.986. The van der Waals surface area contributed by atoms with Crippen molar-refractivity contribution in [1.29, 1.82) is 0 Å². The molecule has 0 saturated carbocycles. The number of nitrogens with one attached hydrogen (secondary N) is 1. The maximum absolute atomic E-state index is 6.18. The van der Waals surface area contributed by atoms with E-state index in [0.717, 1.165) is 31.0 Å². The van der Waals surface area contributed by atoms with Crippen LogP contribution in [0.15, 0.2) is 30.5 Å². The Bertz CT molecular complexity index is 620. The first-order chi connectivity index (χ1) is 10.2. The van der Waals surface area contributed by atoms with Crippen molar-refractivity contribution in [2.24, 2.45) is 7.05 Å². The zero-order chi connectivity index (χ0) is 14.8. The van der Waals surface area contributed by atoms with Crippen molar-refractivity contribution in [3.8, 4) is 0 Å². The molecular weight excluding hydrogens is 282 g/mol. The summed E-state index contributed by atoms with van der Waals surface area (Å²) in [5, 5.41) is 8.96. The Morgan fingerprint density at radius 2 is 2.24 bits per heavy atom. The molecule has 1 aromatic heterocycles. The van der Waals surface area contributed by atoms with Crippen molar-refractivity contribution in [3.05, 3.63) is 52.3 Å². The molecule has 3 rings (SSSR count). The van der Waals surface area contributed by atoms with Gasteiger partial charge in [-0.15, -0.1) is 0 Å². The van der Waals surface area contributed by atoms with Crippen molar-refractivity contribution in [1.82, 2.24) is 15.1 Å². The summed E-state index contributed by atoms with van der Waals surface area (Å²) in [6.45, 7) is 4.25. The first-order valence-corrected chi connectivity index (χ1v) is 8.05. The van der Waals surface area contributed by atoms with Gasteiger partial charge in [0.2, 0.25) is 0 Å². The predicted molar refractivity (Wildman–Crippen MR) is 87.0 cm³/mol. The fourth-order valence-corrected chi connectivity index (χ4v) is 3.65. The number of rotatable bonds is 3. The molecule has 4 heteroatoms. The smallest absolute Gasteiger partial charge is 0.0656 e. The second-order valence-corrected chi connectivity index (χ2v) is 6.26. The van der Waals surface area contributed by atoms with Crippen molar-refractivity contribution >= 4 is 11.6 Å². The van der Waals surface area contributed by atoms with Gasteiger partial charge in [-0.3, -0.25) is 4.68 Å². The topological polar surface area (TPSA) is 29.9 Å². The Morgan fingerprint density at radius 3 is 3.00 bits per heavy atom. The van der Waals surface area contributed by atoms with E-state index in [1.54, 1.807) is 0 Å². The van der Waals surface area contributed by atoms with Crippen molar-refractivity contribution in [3.63, 3.8) is 0 Å². The molecule has 2 unspecified atom stereocenters. The third kappa shape index (κ3) is 2.99. The molecule has 1 aliphatic rings. The largest absolute Gasteiger partial charge is 0.316 e.